The Morgan fingerprint density at radius 3 is 0.697 bits per heavy atom. The van der Waals surface area contributed by atoms with Crippen molar-refractivity contribution in [3.8, 4) is 0 Å². The van der Waals surface area contributed by atoms with E-state index in [0.29, 0.717) is 0 Å². The fraction of sp³-hybridized carbons (Fsp3) is 1.00. The molecule has 0 aromatic rings. The third-order valence-corrected chi connectivity index (χ3v) is 41.9. The van der Waals surface area contributed by atoms with Crippen LogP contribution in [0.5, 0.6) is 0 Å². The van der Waals surface area contributed by atoms with Crippen LogP contribution < -0.4 is 0 Å². The number of alkyl halides is 4. The Labute approximate surface area is 243 Å². The Balaban J connectivity index is 6.85. The average molecular weight is 813 g/mol. The Morgan fingerprint density at radius 2 is 0.576 bits per heavy atom. The highest BCUT2D eigenvalue weighted by atomic mass is 79.9. The highest BCUT2D eigenvalue weighted by molar-refractivity contribution is 9.10. The lowest BCUT2D eigenvalue weighted by Gasteiger charge is -2.48. The minimum Gasteiger partial charge on any atom is -0.394 e. The number of hydrogen-bond donors (Lipinski definition) is 0. The van der Waals surface area contributed by atoms with Gasteiger partial charge in [0.05, 0.1) is 0 Å². The number of rotatable bonds is 16. The minimum atomic E-state index is -3.53. The monoisotopic (exact) mass is 808 g/mol. The van der Waals surface area contributed by atoms with Crippen LogP contribution in [0.3, 0.4) is 0 Å². The summed E-state index contributed by atoms with van der Waals surface area (Å²) in [7, 11) is -12.5. The molecular formula is C20H48Br4O4Si5. The standard InChI is InChI=1S/C20H48Br4O4Si5/c1-13-17(21)29(5,6)25-33(26-30(7,8)18(22)14-2,27-31(9,10)19(23)15-3)28-32(11,12)20(24)16-4/h17-20H,13-16H2,1-12H3. The molecule has 0 aliphatic heterocycles. The fourth-order valence-corrected chi connectivity index (χ4v) is 26.5. The van der Waals surface area contributed by atoms with Crippen LogP contribution in [0.25, 0.3) is 0 Å². The first-order chi connectivity index (χ1) is 14.8. The van der Waals surface area contributed by atoms with Gasteiger partial charge in [-0.3, -0.25) is 0 Å². The van der Waals surface area contributed by atoms with Crippen molar-refractivity contribution >= 4 is 106 Å². The summed E-state index contributed by atoms with van der Waals surface area (Å²) in [6.07, 6.45) is 3.98. The molecule has 0 aliphatic carbocycles. The maximum absolute atomic E-state index is 7.18. The molecule has 4 atom stereocenters. The third-order valence-electron chi connectivity index (χ3n) is 6.00. The molecule has 0 aromatic carbocycles. The van der Waals surface area contributed by atoms with Gasteiger partial charge in [0.2, 0.25) is 0 Å². The van der Waals surface area contributed by atoms with E-state index in [1.165, 1.54) is 0 Å². The van der Waals surface area contributed by atoms with E-state index in [-0.39, 0.29) is 17.8 Å². The average Bonchev–Trinajstić information content (AvgIpc) is 2.68. The zero-order valence-electron chi connectivity index (χ0n) is 22.8. The molecule has 4 unspecified atom stereocenters. The van der Waals surface area contributed by atoms with Gasteiger partial charge in [0, 0.05) is 17.8 Å². The molecule has 0 spiro atoms. The molecule has 0 amide bonds. The summed E-state index contributed by atoms with van der Waals surface area (Å²) in [4.78, 5) is 0. The maximum atomic E-state index is 7.18. The van der Waals surface area contributed by atoms with Gasteiger partial charge in [0.1, 0.15) is 0 Å². The molecule has 0 fully saturated rings. The highest BCUT2D eigenvalue weighted by Crippen LogP contribution is 2.38. The smallest absolute Gasteiger partial charge is 0.394 e. The second kappa shape index (κ2) is 14.3. The van der Waals surface area contributed by atoms with Gasteiger partial charge in [-0.25, -0.2) is 0 Å². The molecule has 0 aromatic heterocycles. The molecule has 0 saturated carbocycles. The van der Waals surface area contributed by atoms with Crippen LogP contribution in [-0.4, -0.2) is 60.1 Å². The maximum Gasteiger partial charge on any atom is 0.637 e. The van der Waals surface area contributed by atoms with Crippen molar-refractivity contribution in [2.75, 3.05) is 0 Å². The Hall–Kier alpha value is 2.84. The minimum absolute atomic E-state index is 0.287. The number of halogens is 4. The van der Waals surface area contributed by atoms with Gasteiger partial charge in [-0.05, 0) is 78.1 Å². The van der Waals surface area contributed by atoms with Gasteiger partial charge < -0.3 is 16.5 Å². The molecular weight excluding hydrogens is 764 g/mol. The van der Waals surface area contributed by atoms with Gasteiger partial charge in [-0.15, -0.1) is 0 Å². The zero-order chi connectivity index (χ0) is 26.5. The van der Waals surface area contributed by atoms with Gasteiger partial charge in [-0.2, -0.15) is 0 Å². The van der Waals surface area contributed by atoms with Crippen molar-refractivity contribution in [3.63, 3.8) is 0 Å². The largest absolute Gasteiger partial charge is 0.637 e. The third kappa shape index (κ3) is 10.9. The van der Waals surface area contributed by atoms with E-state index in [2.05, 4.69) is 144 Å². The van der Waals surface area contributed by atoms with Crippen LogP contribution in [0.1, 0.15) is 53.4 Å². The topological polar surface area (TPSA) is 36.9 Å². The summed E-state index contributed by atoms with van der Waals surface area (Å²) < 4.78 is 29.9. The molecule has 0 rings (SSSR count). The Morgan fingerprint density at radius 1 is 0.424 bits per heavy atom. The second-order valence-electron chi connectivity index (χ2n) is 10.8. The molecule has 0 radical (unpaired) electrons. The number of hydrogen-bond acceptors (Lipinski definition) is 4. The molecule has 13 heteroatoms. The second-order valence-corrected chi connectivity index (χ2v) is 38.5. The molecule has 200 valence electrons. The van der Waals surface area contributed by atoms with Crippen LogP contribution in [-0.2, 0) is 16.5 Å². The van der Waals surface area contributed by atoms with E-state index in [4.69, 9.17) is 16.5 Å². The van der Waals surface area contributed by atoms with Crippen molar-refractivity contribution in [1.29, 1.82) is 0 Å². The highest BCUT2D eigenvalue weighted by Gasteiger charge is 2.61. The fourth-order valence-electron chi connectivity index (χ4n) is 3.64. The molecule has 0 bridgehead atoms. The van der Waals surface area contributed by atoms with Crippen molar-refractivity contribution in [2.24, 2.45) is 0 Å². The van der Waals surface area contributed by atoms with Crippen LogP contribution in [0, 0.1) is 0 Å². The molecule has 0 heterocycles. The summed E-state index contributed by atoms with van der Waals surface area (Å²) in [5.41, 5.74) is 0. The molecule has 0 saturated heterocycles. The van der Waals surface area contributed by atoms with Gasteiger partial charge >= 0.3 is 9.05 Å². The van der Waals surface area contributed by atoms with Crippen molar-refractivity contribution in [1.82, 2.24) is 0 Å². The predicted octanol–water partition coefficient (Wildman–Crippen LogP) is 9.16. The van der Waals surface area contributed by atoms with E-state index >= 15 is 0 Å². The predicted molar refractivity (Wildman–Crippen MR) is 172 cm³/mol. The van der Waals surface area contributed by atoms with E-state index in [1.54, 1.807) is 0 Å². The quantitative estimate of drug-likeness (QED) is 0.115. The first-order valence-electron chi connectivity index (χ1n) is 12.1. The van der Waals surface area contributed by atoms with Crippen LogP contribution in [0.2, 0.25) is 52.4 Å². The Kier molecular flexibility index (Phi) is 15.5. The van der Waals surface area contributed by atoms with Crippen LogP contribution in [0.15, 0.2) is 0 Å². The normalized spacial score (nSPS) is 19.6. The summed E-state index contributed by atoms with van der Waals surface area (Å²) in [5, 5.41) is 0. The van der Waals surface area contributed by atoms with Crippen molar-refractivity contribution < 1.29 is 16.5 Å². The van der Waals surface area contributed by atoms with Crippen molar-refractivity contribution in [2.45, 2.75) is 124 Å². The van der Waals surface area contributed by atoms with Gasteiger partial charge in [0.25, 0.3) is 0 Å². The summed E-state index contributed by atoms with van der Waals surface area (Å²) in [6.45, 7) is 26.8. The van der Waals surface area contributed by atoms with Gasteiger partial charge in [-0.1, -0.05) is 91.4 Å². The van der Waals surface area contributed by atoms with E-state index in [1.807, 2.05) is 0 Å². The lowest BCUT2D eigenvalue weighted by molar-refractivity contribution is 0.144. The van der Waals surface area contributed by atoms with Gasteiger partial charge in [0.15, 0.2) is 33.3 Å². The Bertz CT molecular complexity index is 497. The summed E-state index contributed by atoms with van der Waals surface area (Å²) in [6, 6.07) is 0. The van der Waals surface area contributed by atoms with Crippen LogP contribution in [0.4, 0.5) is 0 Å². The molecule has 33 heavy (non-hydrogen) atoms. The SMILES string of the molecule is CCC(Br)[Si](C)(C)O[Si](O[Si](C)(C)C(Br)CC)(O[Si](C)(C)C(Br)CC)O[Si](C)(C)C(Br)CC. The van der Waals surface area contributed by atoms with Crippen LogP contribution >= 0.6 is 63.7 Å². The van der Waals surface area contributed by atoms with E-state index in [9.17, 15) is 0 Å². The summed E-state index contributed by atoms with van der Waals surface area (Å²) >= 11 is 15.7. The van der Waals surface area contributed by atoms with Crippen molar-refractivity contribution in [3.05, 3.63) is 0 Å². The summed E-state index contributed by atoms with van der Waals surface area (Å²) in [5.74, 6) is 0. The molecule has 0 aliphatic rings. The van der Waals surface area contributed by atoms with E-state index < -0.39 is 42.3 Å². The lowest BCUT2D eigenvalue weighted by atomic mass is 10.6. The lowest BCUT2D eigenvalue weighted by Crippen LogP contribution is -2.70. The first-order valence-corrected chi connectivity index (χ1v) is 29.4. The molecule has 4 nitrogen and oxygen atoms in total. The first kappa shape index (κ1) is 35.8. The molecule has 0 N–H and O–H groups in total. The zero-order valence-corrected chi connectivity index (χ0v) is 34.1. The van der Waals surface area contributed by atoms with E-state index in [0.717, 1.165) is 25.7 Å².